The molecular formula is C19H24N4O4. The van der Waals surface area contributed by atoms with Crippen LogP contribution in [0.2, 0.25) is 0 Å². The quantitative estimate of drug-likeness (QED) is 0.648. The van der Waals surface area contributed by atoms with E-state index in [0.717, 1.165) is 11.0 Å². The second-order valence-electron chi connectivity index (χ2n) is 6.07. The number of unbranched alkanes of at least 4 members (excludes halogenated alkanes) is 1. The summed E-state index contributed by atoms with van der Waals surface area (Å²) >= 11 is 0. The molecule has 1 amide bonds. The Balaban J connectivity index is 2.62. The minimum absolute atomic E-state index is 0.0363. The first-order valence-corrected chi connectivity index (χ1v) is 8.89. The zero-order valence-corrected chi connectivity index (χ0v) is 15.7. The first-order valence-electron chi connectivity index (χ1n) is 8.89. The summed E-state index contributed by atoms with van der Waals surface area (Å²) in [6.07, 6.45) is 1.86. The molecule has 0 saturated heterocycles. The molecule has 0 atom stereocenters. The number of carbonyl (C=O) groups is 1. The Bertz CT molecular complexity index is 972. The summed E-state index contributed by atoms with van der Waals surface area (Å²) in [6, 6.07) is 6.90. The Morgan fingerprint density at radius 3 is 2.59 bits per heavy atom. The predicted molar refractivity (Wildman–Crippen MR) is 105 cm³/mol. The number of amides is 1. The molecule has 27 heavy (non-hydrogen) atoms. The lowest BCUT2D eigenvalue weighted by Crippen LogP contribution is -2.34. The molecule has 0 radical (unpaired) electrons. The lowest BCUT2D eigenvalue weighted by atomic mass is 10.1. The van der Waals surface area contributed by atoms with Gasteiger partial charge in [-0.3, -0.25) is 24.1 Å². The van der Waals surface area contributed by atoms with Crippen molar-refractivity contribution in [3.05, 3.63) is 50.7 Å². The van der Waals surface area contributed by atoms with Crippen molar-refractivity contribution >= 4 is 23.0 Å². The van der Waals surface area contributed by atoms with Gasteiger partial charge in [0.15, 0.2) is 0 Å². The fourth-order valence-electron chi connectivity index (χ4n) is 2.67. The van der Waals surface area contributed by atoms with Gasteiger partial charge in [0.1, 0.15) is 5.56 Å². The van der Waals surface area contributed by atoms with E-state index in [-0.39, 0.29) is 11.5 Å². The van der Waals surface area contributed by atoms with Gasteiger partial charge in [0.2, 0.25) is 11.8 Å². The van der Waals surface area contributed by atoms with Crippen molar-refractivity contribution in [1.29, 1.82) is 0 Å². The number of rotatable bonds is 7. The molecule has 3 N–H and O–H groups in total. The fraction of sp³-hybridized carbons (Fsp3) is 0.368. The number of aromatic hydroxyl groups is 1. The number of para-hydroxylation sites is 2. The Kier molecular flexibility index (Phi) is 6.70. The molecule has 2 rings (SSSR count). The van der Waals surface area contributed by atoms with Gasteiger partial charge in [-0.25, -0.2) is 4.79 Å². The van der Waals surface area contributed by atoms with Gasteiger partial charge in [0, 0.05) is 13.5 Å². The van der Waals surface area contributed by atoms with E-state index in [0.29, 0.717) is 36.5 Å². The molecule has 8 nitrogen and oxygen atoms in total. The summed E-state index contributed by atoms with van der Waals surface area (Å²) in [4.78, 5) is 42.5. The summed E-state index contributed by atoms with van der Waals surface area (Å²) in [5, 5.41) is 13.2. The van der Waals surface area contributed by atoms with Crippen LogP contribution in [0.3, 0.4) is 0 Å². The summed E-state index contributed by atoms with van der Waals surface area (Å²) in [6.45, 7) is 5.44. The van der Waals surface area contributed by atoms with E-state index in [1.165, 1.54) is 6.92 Å². The van der Waals surface area contributed by atoms with Crippen molar-refractivity contribution in [3.8, 4) is 5.88 Å². The number of aliphatic imine (C=N–C) groups is 1. The van der Waals surface area contributed by atoms with E-state index in [2.05, 4.69) is 15.3 Å². The Hall–Kier alpha value is -3.16. The molecule has 0 spiro atoms. The van der Waals surface area contributed by atoms with E-state index in [1.54, 1.807) is 31.2 Å². The summed E-state index contributed by atoms with van der Waals surface area (Å²) in [7, 11) is 0. The van der Waals surface area contributed by atoms with Crippen LogP contribution in [0.4, 0.5) is 11.4 Å². The first kappa shape index (κ1) is 20.2. The van der Waals surface area contributed by atoms with Crippen molar-refractivity contribution in [2.45, 2.75) is 46.6 Å². The lowest BCUT2D eigenvalue weighted by molar-refractivity contribution is -0.114. The van der Waals surface area contributed by atoms with E-state index in [4.69, 9.17) is 0 Å². The van der Waals surface area contributed by atoms with Crippen LogP contribution in [-0.4, -0.2) is 26.3 Å². The molecule has 1 heterocycles. The summed E-state index contributed by atoms with van der Waals surface area (Å²) < 4.78 is 1.14. The molecule has 8 heteroatoms. The molecule has 2 aromatic rings. The van der Waals surface area contributed by atoms with Crippen molar-refractivity contribution in [1.82, 2.24) is 9.55 Å². The molecule has 0 fully saturated rings. The van der Waals surface area contributed by atoms with Crippen LogP contribution in [0.25, 0.3) is 0 Å². The van der Waals surface area contributed by atoms with E-state index >= 15 is 0 Å². The van der Waals surface area contributed by atoms with Gasteiger partial charge in [0.05, 0.1) is 17.1 Å². The van der Waals surface area contributed by atoms with E-state index in [1.807, 2.05) is 6.92 Å². The molecule has 0 saturated carbocycles. The lowest BCUT2D eigenvalue weighted by Gasteiger charge is -2.13. The SMILES string of the molecule is CCCCn1c(O)c(C(CC)=Nc2ccccc2NC(C)=O)c(=O)[nH]c1=O. The van der Waals surface area contributed by atoms with Crippen LogP contribution < -0.4 is 16.6 Å². The number of H-pyrrole nitrogens is 1. The molecule has 1 aromatic carbocycles. The number of nitrogens with one attached hydrogen (secondary N) is 2. The molecule has 0 aliphatic heterocycles. The number of aromatic nitrogens is 2. The summed E-state index contributed by atoms with van der Waals surface area (Å²) in [5.74, 6) is -0.640. The van der Waals surface area contributed by atoms with Gasteiger partial charge in [0.25, 0.3) is 5.56 Å². The van der Waals surface area contributed by atoms with Crippen molar-refractivity contribution in [2.75, 3.05) is 5.32 Å². The number of hydrogen-bond acceptors (Lipinski definition) is 5. The van der Waals surface area contributed by atoms with Crippen LogP contribution in [0, 0.1) is 0 Å². The monoisotopic (exact) mass is 372 g/mol. The van der Waals surface area contributed by atoms with Crippen molar-refractivity contribution < 1.29 is 9.90 Å². The maximum absolute atomic E-state index is 12.4. The second kappa shape index (κ2) is 8.98. The number of anilines is 1. The molecule has 0 bridgehead atoms. The maximum Gasteiger partial charge on any atom is 0.331 e. The number of benzene rings is 1. The van der Waals surface area contributed by atoms with Gasteiger partial charge in [-0.05, 0) is 25.0 Å². The number of nitrogens with zero attached hydrogens (tertiary/aromatic N) is 2. The second-order valence-corrected chi connectivity index (χ2v) is 6.07. The highest BCUT2D eigenvalue weighted by molar-refractivity contribution is 6.04. The minimum Gasteiger partial charge on any atom is -0.494 e. The molecule has 1 aromatic heterocycles. The number of carbonyl (C=O) groups excluding carboxylic acids is 1. The topological polar surface area (TPSA) is 117 Å². The van der Waals surface area contributed by atoms with Crippen LogP contribution in [0.1, 0.15) is 45.6 Å². The predicted octanol–water partition coefficient (Wildman–Crippen LogP) is 2.53. The average Bonchev–Trinajstić information content (AvgIpc) is 2.61. The van der Waals surface area contributed by atoms with Gasteiger partial charge in [-0.1, -0.05) is 32.4 Å². The Labute approximate surface area is 156 Å². The maximum atomic E-state index is 12.4. The van der Waals surface area contributed by atoms with Gasteiger partial charge in [-0.15, -0.1) is 0 Å². The minimum atomic E-state index is -0.692. The summed E-state index contributed by atoms with van der Waals surface area (Å²) in [5.41, 5.74) is -0.116. The van der Waals surface area contributed by atoms with Gasteiger partial charge in [-0.2, -0.15) is 0 Å². The molecule has 0 aliphatic rings. The van der Waals surface area contributed by atoms with Crippen LogP contribution in [0.15, 0.2) is 38.8 Å². The Morgan fingerprint density at radius 1 is 1.26 bits per heavy atom. The van der Waals surface area contributed by atoms with Crippen LogP contribution in [0.5, 0.6) is 5.88 Å². The zero-order valence-electron chi connectivity index (χ0n) is 15.7. The zero-order chi connectivity index (χ0) is 20.0. The third kappa shape index (κ3) is 4.72. The first-order chi connectivity index (χ1) is 12.9. The number of hydrogen-bond donors (Lipinski definition) is 3. The highest BCUT2D eigenvalue weighted by atomic mass is 16.3. The third-order valence-electron chi connectivity index (χ3n) is 4.00. The molecule has 144 valence electrons. The number of aromatic amines is 1. The normalized spacial score (nSPS) is 11.4. The van der Waals surface area contributed by atoms with Crippen molar-refractivity contribution in [3.63, 3.8) is 0 Å². The van der Waals surface area contributed by atoms with E-state index < -0.39 is 17.1 Å². The van der Waals surface area contributed by atoms with Gasteiger partial charge >= 0.3 is 5.69 Å². The highest BCUT2D eigenvalue weighted by Gasteiger charge is 2.18. The van der Waals surface area contributed by atoms with Gasteiger partial charge < -0.3 is 10.4 Å². The largest absolute Gasteiger partial charge is 0.494 e. The molecular weight excluding hydrogens is 348 g/mol. The third-order valence-corrected chi connectivity index (χ3v) is 4.00. The average molecular weight is 372 g/mol. The fourth-order valence-corrected chi connectivity index (χ4v) is 2.67. The smallest absolute Gasteiger partial charge is 0.331 e. The molecule has 0 aliphatic carbocycles. The molecule has 0 unspecified atom stereocenters. The van der Waals surface area contributed by atoms with Crippen molar-refractivity contribution in [2.24, 2.45) is 4.99 Å². The van der Waals surface area contributed by atoms with Crippen LogP contribution >= 0.6 is 0 Å². The van der Waals surface area contributed by atoms with Crippen LogP contribution in [-0.2, 0) is 11.3 Å². The highest BCUT2D eigenvalue weighted by Crippen LogP contribution is 2.26. The Morgan fingerprint density at radius 2 is 1.96 bits per heavy atom. The van der Waals surface area contributed by atoms with E-state index in [9.17, 15) is 19.5 Å². The standard InChI is InChI=1S/C19H24N4O4/c1-4-6-11-23-18(26)16(17(25)22-19(23)27)13(5-2)21-15-10-8-7-9-14(15)20-12(3)24/h7-10,26H,4-6,11H2,1-3H3,(H,20,24)(H,22,25,27).